The number of hydrogen-bond acceptors (Lipinski definition) is 4. The summed E-state index contributed by atoms with van der Waals surface area (Å²) in [4.78, 5) is 0. The van der Waals surface area contributed by atoms with Crippen molar-refractivity contribution in [2.75, 3.05) is 6.54 Å². The number of allylic oxidation sites excluding steroid dienone is 1. The van der Waals surface area contributed by atoms with E-state index in [4.69, 9.17) is 5.84 Å². The van der Waals surface area contributed by atoms with E-state index >= 15 is 0 Å². The third kappa shape index (κ3) is 3.62. The van der Waals surface area contributed by atoms with Gasteiger partial charge in [0.05, 0.1) is 11.4 Å². The topological polar surface area (TPSA) is 44.5 Å². The molecule has 0 spiro atoms. The summed E-state index contributed by atoms with van der Waals surface area (Å²) in [5.74, 6) is 6.94. The molecule has 122 valence electrons. The van der Waals surface area contributed by atoms with Crippen LogP contribution >= 0.6 is 0 Å². The molecule has 4 nitrogen and oxygen atoms in total. The summed E-state index contributed by atoms with van der Waals surface area (Å²) in [6.45, 7) is 9.66. The van der Waals surface area contributed by atoms with Gasteiger partial charge in [-0.3, -0.25) is 5.43 Å². The predicted molar refractivity (Wildman–Crippen MR) is 92.9 cm³/mol. The van der Waals surface area contributed by atoms with Crippen molar-refractivity contribution in [1.29, 1.82) is 0 Å². The number of hydrogen-bond donors (Lipinski definition) is 2. The van der Waals surface area contributed by atoms with E-state index in [-0.39, 0.29) is 0 Å². The van der Waals surface area contributed by atoms with Gasteiger partial charge in [0.1, 0.15) is 0 Å². The van der Waals surface area contributed by atoms with Gasteiger partial charge < -0.3 is 0 Å². The molecule has 0 aromatic heterocycles. The van der Waals surface area contributed by atoms with Gasteiger partial charge in [0.15, 0.2) is 0 Å². The highest BCUT2D eigenvalue weighted by Crippen LogP contribution is 2.27. The minimum Gasteiger partial charge on any atom is -0.298 e. The molecule has 3 N–H and O–H groups in total. The van der Waals surface area contributed by atoms with Gasteiger partial charge in [-0.15, -0.1) is 5.12 Å². The van der Waals surface area contributed by atoms with Crippen molar-refractivity contribution in [2.45, 2.75) is 53.4 Å². The Bertz CT molecular complexity index is 524. The van der Waals surface area contributed by atoms with E-state index in [0.29, 0.717) is 5.92 Å². The average molecular weight is 302 g/mol. The molecule has 0 radical (unpaired) electrons. The number of nitrogens with two attached hydrogens (primary N) is 1. The summed E-state index contributed by atoms with van der Waals surface area (Å²) in [6, 6.07) is 8.42. The number of unbranched alkanes of at least 4 members (excludes halogenated alkanes) is 1. The van der Waals surface area contributed by atoms with Crippen molar-refractivity contribution >= 4 is 5.70 Å². The first-order valence-corrected chi connectivity index (χ1v) is 8.44. The maximum atomic E-state index is 6.27. The third-order valence-electron chi connectivity index (χ3n) is 4.60. The quantitative estimate of drug-likeness (QED) is 0.752. The summed E-state index contributed by atoms with van der Waals surface area (Å²) >= 11 is 0. The molecule has 22 heavy (non-hydrogen) atoms. The highest BCUT2D eigenvalue weighted by molar-refractivity contribution is 5.69. The van der Waals surface area contributed by atoms with Crippen LogP contribution in [0.25, 0.3) is 5.70 Å². The highest BCUT2D eigenvalue weighted by Gasteiger charge is 2.27. The van der Waals surface area contributed by atoms with Gasteiger partial charge in [0.25, 0.3) is 0 Å². The molecule has 0 bridgehead atoms. The Morgan fingerprint density at radius 2 is 1.91 bits per heavy atom. The normalized spacial score (nSPS) is 17.0. The fraction of sp³-hybridized carbons (Fsp3) is 0.556. The summed E-state index contributed by atoms with van der Waals surface area (Å²) in [6.07, 6.45) is 4.98. The van der Waals surface area contributed by atoms with Gasteiger partial charge in [-0.05, 0) is 31.7 Å². The van der Waals surface area contributed by atoms with Gasteiger partial charge in [-0.25, -0.2) is 11.0 Å². The zero-order valence-electron chi connectivity index (χ0n) is 14.4. The van der Waals surface area contributed by atoms with Gasteiger partial charge >= 0.3 is 0 Å². The van der Waals surface area contributed by atoms with Gasteiger partial charge in [0.2, 0.25) is 0 Å². The molecule has 0 aliphatic carbocycles. The van der Waals surface area contributed by atoms with E-state index in [1.807, 2.05) is 0 Å². The van der Waals surface area contributed by atoms with Crippen molar-refractivity contribution in [3.63, 3.8) is 0 Å². The Balaban J connectivity index is 2.09. The molecule has 1 unspecified atom stereocenters. The number of nitrogens with one attached hydrogen (secondary N) is 1. The molecule has 0 saturated carbocycles. The molecule has 1 aromatic carbocycles. The maximum absolute atomic E-state index is 6.27. The smallest absolute Gasteiger partial charge is 0.0803 e. The first kappa shape index (κ1) is 16.8. The van der Waals surface area contributed by atoms with E-state index in [0.717, 1.165) is 17.9 Å². The average Bonchev–Trinajstić information content (AvgIpc) is 2.80. The number of hydrazine groups is 3. The summed E-state index contributed by atoms with van der Waals surface area (Å²) in [7, 11) is 0. The van der Waals surface area contributed by atoms with E-state index in [9.17, 15) is 0 Å². The van der Waals surface area contributed by atoms with E-state index in [1.54, 1.807) is 5.12 Å². The summed E-state index contributed by atoms with van der Waals surface area (Å²) in [5.41, 5.74) is 8.17. The zero-order valence-corrected chi connectivity index (χ0v) is 14.4. The first-order chi connectivity index (χ1) is 10.6. The lowest BCUT2D eigenvalue weighted by molar-refractivity contribution is -0.0185. The van der Waals surface area contributed by atoms with Crippen molar-refractivity contribution in [2.24, 2.45) is 11.8 Å². The fourth-order valence-electron chi connectivity index (χ4n) is 2.96. The zero-order chi connectivity index (χ0) is 16.1. The molecule has 1 atom stereocenters. The van der Waals surface area contributed by atoms with Crippen LogP contribution in [-0.4, -0.2) is 16.8 Å². The third-order valence-corrected chi connectivity index (χ3v) is 4.60. The van der Waals surface area contributed by atoms with Crippen molar-refractivity contribution in [3.8, 4) is 0 Å². The monoisotopic (exact) mass is 302 g/mol. The molecule has 2 rings (SSSR count). The van der Waals surface area contributed by atoms with Crippen LogP contribution in [0.15, 0.2) is 30.0 Å². The van der Waals surface area contributed by atoms with Crippen LogP contribution in [0.3, 0.4) is 0 Å². The second-order valence-corrected chi connectivity index (χ2v) is 6.23. The Labute approximate surface area is 134 Å². The molecule has 1 aliphatic rings. The second-order valence-electron chi connectivity index (χ2n) is 6.23. The summed E-state index contributed by atoms with van der Waals surface area (Å²) in [5, 5.41) is 3.82. The SMILES string of the molecule is CCCCC(CC)CN1NC(c2ccccc2C)=C(C)N1N. The number of rotatable bonds is 7. The lowest BCUT2D eigenvalue weighted by Gasteiger charge is -2.29. The van der Waals surface area contributed by atoms with Crippen LogP contribution in [0.5, 0.6) is 0 Å². The number of benzene rings is 1. The Hall–Kier alpha value is -1.52. The molecule has 0 amide bonds. The van der Waals surface area contributed by atoms with Crippen LogP contribution in [0.1, 0.15) is 57.6 Å². The molecule has 1 heterocycles. The van der Waals surface area contributed by atoms with Crippen LogP contribution < -0.4 is 11.3 Å². The molecule has 1 aromatic rings. The Morgan fingerprint density at radius 1 is 1.18 bits per heavy atom. The molecule has 0 saturated heterocycles. The molecular weight excluding hydrogens is 272 g/mol. The second kappa shape index (κ2) is 7.65. The first-order valence-electron chi connectivity index (χ1n) is 8.44. The van der Waals surface area contributed by atoms with Crippen molar-refractivity contribution in [1.82, 2.24) is 15.7 Å². The van der Waals surface area contributed by atoms with Gasteiger partial charge in [0, 0.05) is 12.1 Å². The molecular formula is C18H30N4. The van der Waals surface area contributed by atoms with Crippen LogP contribution in [-0.2, 0) is 0 Å². The predicted octanol–water partition coefficient (Wildman–Crippen LogP) is 3.81. The van der Waals surface area contributed by atoms with Gasteiger partial charge in [-0.2, -0.15) is 0 Å². The molecule has 0 fully saturated rings. The lowest BCUT2D eigenvalue weighted by Crippen LogP contribution is -2.49. The fourth-order valence-corrected chi connectivity index (χ4v) is 2.96. The van der Waals surface area contributed by atoms with Crippen LogP contribution in [0.2, 0.25) is 0 Å². The largest absolute Gasteiger partial charge is 0.298 e. The van der Waals surface area contributed by atoms with Crippen LogP contribution in [0, 0.1) is 12.8 Å². The summed E-state index contributed by atoms with van der Waals surface area (Å²) < 4.78 is 0. The standard InChI is InChI=1S/C18H30N4/c1-5-7-11-16(6-2)13-21-20-18(15(4)22(21)19)17-12-9-8-10-14(17)3/h8-10,12,16,20H,5-7,11,13,19H2,1-4H3. The molecule has 1 aliphatic heterocycles. The minimum atomic E-state index is 0.669. The Kier molecular flexibility index (Phi) is 5.86. The number of aryl methyl sites for hydroxylation is 1. The maximum Gasteiger partial charge on any atom is 0.0803 e. The van der Waals surface area contributed by atoms with E-state index in [1.165, 1.54) is 36.8 Å². The van der Waals surface area contributed by atoms with E-state index in [2.05, 4.69) is 62.5 Å². The van der Waals surface area contributed by atoms with Crippen molar-refractivity contribution < 1.29 is 0 Å². The Morgan fingerprint density at radius 3 is 2.55 bits per heavy atom. The number of nitrogens with zero attached hydrogens (tertiary/aromatic N) is 2. The van der Waals surface area contributed by atoms with Crippen molar-refractivity contribution in [3.05, 3.63) is 41.1 Å². The molecule has 4 heteroatoms. The van der Waals surface area contributed by atoms with Gasteiger partial charge in [-0.1, -0.05) is 57.4 Å². The highest BCUT2D eigenvalue weighted by atomic mass is 15.9. The van der Waals surface area contributed by atoms with E-state index < -0.39 is 0 Å². The minimum absolute atomic E-state index is 0.669. The van der Waals surface area contributed by atoms with Crippen LogP contribution in [0.4, 0.5) is 0 Å². The lowest BCUT2D eigenvalue weighted by atomic mass is 9.99.